The van der Waals surface area contributed by atoms with Crippen LogP contribution in [-0.2, 0) is 4.57 Å². The molecule has 0 saturated heterocycles. The van der Waals surface area contributed by atoms with E-state index in [1.807, 2.05) is 14.1 Å². The second-order valence-electron chi connectivity index (χ2n) is 0.947. The van der Waals surface area contributed by atoms with Crippen molar-refractivity contribution < 1.29 is 19.2 Å². The fourth-order valence-corrected chi connectivity index (χ4v) is 0. The summed E-state index contributed by atoms with van der Waals surface area (Å²) in [5.41, 5.74) is 0. The van der Waals surface area contributed by atoms with Crippen LogP contribution < -0.4 is 20.0 Å². The number of nitrogens with one attached hydrogen (secondary N) is 1. The first-order valence-corrected chi connectivity index (χ1v) is 3.19. The Morgan fingerprint density at radius 2 is 1.25 bits per heavy atom. The zero-order valence-electron chi connectivity index (χ0n) is 4.58. The van der Waals surface area contributed by atoms with Crippen molar-refractivity contribution in [2.75, 3.05) is 14.1 Å². The molecule has 0 heterocycles. The highest BCUT2D eigenvalue weighted by atomic mass is 31.2. The molecular weight excluding hydrogens is 133 g/mol. The number of phosphoric acid groups is 1. The van der Waals surface area contributed by atoms with Crippen LogP contribution in [0.15, 0.2) is 0 Å². The van der Waals surface area contributed by atoms with Gasteiger partial charge in [-0.15, -0.1) is 0 Å². The molecule has 0 aromatic heterocycles. The van der Waals surface area contributed by atoms with Crippen LogP contribution in [0.2, 0.25) is 0 Å². The van der Waals surface area contributed by atoms with Crippen molar-refractivity contribution in [2.45, 2.75) is 0 Å². The summed E-state index contributed by atoms with van der Waals surface area (Å²) in [4.78, 5) is 25.6. The highest BCUT2D eigenvalue weighted by molar-refractivity contribution is 7.40. The summed E-state index contributed by atoms with van der Waals surface area (Å²) in [6.07, 6.45) is 0. The Morgan fingerprint density at radius 1 is 1.25 bits per heavy atom. The van der Waals surface area contributed by atoms with Crippen molar-refractivity contribution >= 4 is 7.82 Å². The Balaban J connectivity index is 0. The molecule has 0 rings (SSSR count). The Bertz CT molecular complexity index is 69.8. The smallest absolute Gasteiger partial charge is 0.0167 e. The fourth-order valence-electron chi connectivity index (χ4n) is 0. The molecule has 0 unspecified atom stereocenters. The van der Waals surface area contributed by atoms with Crippen LogP contribution >= 0.6 is 7.82 Å². The Labute approximate surface area is 47.6 Å². The molecule has 8 heavy (non-hydrogen) atoms. The monoisotopic (exact) mass is 140 g/mol. The van der Waals surface area contributed by atoms with Gasteiger partial charge in [0.05, 0.1) is 0 Å². The lowest BCUT2D eigenvalue weighted by atomic mass is 11.3. The molecule has 0 amide bonds. The second-order valence-corrected chi connectivity index (χ2v) is 1.84. The second kappa shape index (κ2) is 5.21. The van der Waals surface area contributed by atoms with Gasteiger partial charge in [-0.2, -0.15) is 7.82 Å². The lowest BCUT2D eigenvalue weighted by Gasteiger charge is -2.36. The maximum atomic E-state index is 8.55. The normalized spacial score (nSPS) is 9.62. The van der Waals surface area contributed by atoms with E-state index in [1.165, 1.54) is 0 Å². The van der Waals surface area contributed by atoms with Gasteiger partial charge in [0.25, 0.3) is 0 Å². The number of hydrogen-bond donors (Lipinski definition) is 1. The first-order chi connectivity index (χ1) is 3.41. The van der Waals surface area contributed by atoms with Gasteiger partial charge in [0.15, 0.2) is 0 Å². The minimum absolute atomic E-state index is 1.88. The average Bonchev–Trinajstić information content (AvgIpc) is 1.27. The third-order valence-corrected chi connectivity index (χ3v) is 0. The van der Waals surface area contributed by atoms with E-state index in [0.717, 1.165) is 0 Å². The summed E-state index contributed by atoms with van der Waals surface area (Å²) in [5, 5.41) is 2.75. The van der Waals surface area contributed by atoms with Crippen molar-refractivity contribution in [1.29, 1.82) is 0 Å². The summed E-state index contributed by atoms with van der Waals surface area (Å²) in [5.74, 6) is 0. The van der Waals surface area contributed by atoms with Crippen LogP contribution in [0, 0.1) is 0 Å². The van der Waals surface area contributed by atoms with Gasteiger partial charge in [-0.1, -0.05) is 0 Å². The topological polar surface area (TPSA) is 98.3 Å². The van der Waals surface area contributed by atoms with Gasteiger partial charge >= 0.3 is 0 Å². The van der Waals surface area contributed by atoms with Crippen LogP contribution in [0.1, 0.15) is 0 Å². The van der Waals surface area contributed by atoms with E-state index in [-0.39, 0.29) is 0 Å². The number of hydrogen-bond acceptors (Lipinski definition) is 5. The molecule has 0 aromatic carbocycles. The quantitative estimate of drug-likeness (QED) is 0.362. The van der Waals surface area contributed by atoms with Crippen molar-refractivity contribution in [1.82, 2.24) is 5.32 Å². The zero-order chi connectivity index (χ0) is 7.21. The van der Waals surface area contributed by atoms with Crippen LogP contribution in [0.25, 0.3) is 0 Å². The highest BCUT2D eigenvalue weighted by Crippen LogP contribution is 2.03. The Morgan fingerprint density at radius 3 is 1.25 bits per heavy atom. The van der Waals surface area contributed by atoms with Gasteiger partial charge in [-0.05, 0) is 14.1 Å². The van der Waals surface area contributed by atoms with Crippen LogP contribution in [0.5, 0.6) is 0 Å². The lowest BCUT2D eigenvalue weighted by molar-refractivity contribution is -0.432. The van der Waals surface area contributed by atoms with Crippen molar-refractivity contribution in [3.8, 4) is 0 Å². The third-order valence-electron chi connectivity index (χ3n) is 0. The van der Waals surface area contributed by atoms with Gasteiger partial charge in [0, 0.05) is 0 Å². The standard InChI is InChI=1S/C2H7N.H3O4P/c1-3-2;1-5(2,3)4/h3H,1-2H3;(H3,1,2,3,4)/p-3. The van der Waals surface area contributed by atoms with Crippen LogP contribution in [-0.4, -0.2) is 14.1 Å². The molecule has 52 valence electrons. The minimum Gasteiger partial charge on any atom is -0.822 e. The van der Waals surface area contributed by atoms with E-state index >= 15 is 0 Å². The molecule has 0 atom stereocenters. The predicted octanol–water partition coefficient (Wildman–Crippen LogP) is -2.99. The fraction of sp³-hybridized carbons (Fsp3) is 1.00. The van der Waals surface area contributed by atoms with Crippen molar-refractivity contribution in [2.24, 2.45) is 0 Å². The molecule has 0 aliphatic rings. The summed E-state index contributed by atoms with van der Waals surface area (Å²) in [6.45, 7) is 0. The summed E-state index contributed by atoms with van der Waals surface area (Å²) in [7, 11) is -1.64. The van der Waals surface area contributed by atoms with Gasteiger partial charge in [0.2, 0.25) is 0 Å². The molecule has 0 saturated carbocycles. The van der Waals surface area contributed by atoms with E-state index in [1.54, 1.807) is 0 Å². The van der Waals surface area contributed by atoms with Gasteiger partial charge in [-0.25, -0.2) is 0 Å². The maximum absolute atomic E-state index is 8.55. The minimum atomic E-state index is -5.39. The first-order valence-electron chi connectivity index (χ1n) is 1.73. The van der Waals surface area contributed by atoms with E-state index in [4.69, 9.17) is 19.2 Å². The third kappa shape index (κ3) is 31800. The molecule has 1 N–H and O–H groups in total. The number of rotatable bonds is 0. The van der Waals surface area contributed by atoms with Crippen molar-refractivity contribution in [3.63, 3.8) is 0 Å². The molecule has 6 heteroatoms. The van der Waals surface area contributed by atoms with Crippen LogP contribution in [0.4, 0.5) is 0 Å². The summed E-state index contributed by atoms with van der Waals surface area (Å²) >= 11 is 0. The molecule has 0 bridgehead atoms. The van der Waals surface area contributed by atoms with E-state index in [9.17, 15) is 0 Å². The van der Waals surface area contributed by atoms with Gasteiger partial charge in [-0.3, -0.25) is 0 Å². The molecule has 0 radical (unpaired) electrons. The maximum Gasteiger partial charge on any atom is -0.0167 e. The Kier molecular flexibility index (Phi) is 7.13. The summed E-state index contributed by atoms with van der Waals surface area (Å²) in [6, 6.07) is 0. The van der Waals surface area contributed by atoms with Crippen molar-refractivity contribution in [3.05, 3.63) is 0 Å². The zero-order valence-corrected chi connectivity index (χ0v) is 5.47. The largest absolute Gasteiger partial charge is 0.822 e. The molecule has 0 aliphatic heterocycles. The van der Waals surface area contributed by atoms with E-state index in [0.29, 0.717) is 0 Å². The Hall–Kier alpha value is 0.0700. The predicted molar refractivity (Wildman–Crippen MR) is 22.6 cm³/mol. The lowest BCUT2D eigenvalue weighted by Crippen LogP contribution is -2.24. The molecule has 0 aliphatic carbocycles. The molecule has 0 aromatic rings. The molecule has 0 spiro atoms. The molecule has 0 fully saturated rings. The highest BCUT2D eigenvalue weighted by Gasteiger charge is 1.44. The van der Waals surface area contributed by atoms with E-state index in [2.05, 4.69) is 5.32 Å². The van der Waals surface area contributed by atoms with Gasteiger partial charge < -0.3 is 24.6 Å². The summed E-state index contributed by atoms with van der Waals surface area (Å²) < 4.78 is 8.55. The SMILES string of the molecule is CNC.O=P([O-])([O-])[O-]. The van der Waals surface area contributed by atoms with Crippen LogP contribution in [0.3, 0.4) is 0 Å². The van der Waals surface area contributed by atoms with Gasteiger partial charge in [0.1, 0.15) is 0 Å². The molecular formula is C2H7NO4P-3. The first kappa shape index (κ1) is 10.9. The average molecular weight is 140 g/mol. The van der Waals surface area contributed by atoms with E-state index < -0.39 is 7.82 Å². The molecule has 5 nitrogen and oxygen atoms in total.